The number of benzene rings is 2. The van der Waals surface area contributed by atoms with Gasteiger partial charge in [-0.15, -0.1) is 0 Å². The summed E-state index contributed by atoms with van der Waals surface area (Å²) in [5.41, 5.74) is 8.99. The molecule has 1 atom stereocenters. The average molecular weight is 419 g/mol. The van der Waals surface area contributed by atoms with E-state index in [9.17, 15) is 14.0 Å². The second-order valence-electron chi connectivity index (χ2n) is 7.42. The molecule has 31 heavy (non-hydrogen) atoms. The van der Waals surface area contributed by atoms with Crippen molar-refractivity contribution in [2.24, 2.45) is 5.73 Å². The van der Waals surface area contributed by atoms with E-state index in [2.05, 4.69) is 4.98 Å². The van der Waals surface area contributed by atoms with Gasteiger partial charge in [0, 0.05) is 23.9 Å². The van der Waals surface area contributed by atoms with E-state index in [-0.39, 0.29) is 24.2 Å². The number of rotatable bonds is 5. The first kappa shape index (κ1) is 20.7. The number of morpholine rings is 1. The molecule has 7 heteroatoms. The number of aromatic nitrogens is 1. The molecule has 0 radical (unpaired) electrons. The number of primary amides is 1. The molecular formula is C24H22FN3O3. The van der Waals surface area contributed by atoms with Crippen molar-refractivity contribution in [1.29, 1.82) is 0 Å². The van der Waals surface area contributed by atoms with Gasteiger partial charge in [-0.25, -0.2) is 4.39 Å². The van der Waals surface area contributed by atoms with E-state index >= 15 is 0 Å². The minimum atomic E-state index is -0.479. The fourth-order valence-corrected chi connectivity index (χ4v) is 3.56. The van der Waals surface area contributed by atoms with Crippen LogP contribution in [0.25, 0.3) is 11.1 Å². The molecular weight excluding hydrogens is 397 g/mol. The monoisotopic (exact) mass is 419 g/mol. The number of halogens is 1. The highest BCUT2D eigenvalue weighted by molar-refractivity contribution is 5.94. The molecule has 1 aromatic heterocycles. The van der Waals surface area contributed by atoms with Crippen LogP contribution >= 0.6 is 0 Å². The molecule has 3 aromatic rings. The molecule has 2 heterocycles. The van der Waals surface area contributed by atoms with Gasteiger partial charge >= 0.3 is 0 Å². The molecule has 2 aromatic carbocycles. The van der Waals surface area contributed by atoms with Crippen molar-refractivity contribution in [3.8, 4) is 11.1 Å². The number of ether oxygens (including phenoxy) is 1. The Morgan fingerprint density at radius 1 is 1.10 bits per heavy atom. The molecule has 6 nitrogen and oxygen atoms in total. The lowest BCUT2D eigenvalue weighted by Gasteiger charge is -2.32. The van der Waals surface area contributed by atoms with Crippen molar-refractivity contribution in [2.75, 3.05) is 19.7 Å². The number of amides is 2. The lowest BCUT2D eigenvalue weighted by atomic mass is 10.0. The number of carbonyl (C=O) groups is 2. The summed E-state index contributed by atoms with van der Waals surface area (Å²) >= 11 is 0. The van der Waals surface area contributed by atoms with Crippen LogP contribution in [0.5, 0.6) is 0 Å². The number of nitrogens with zero attached hydrogens (tertiary/aromatic N) is 2. The highest BCUT2D eigenvalue weighted by Gasteiger charge is 2.26. The van der Waals surface area contributed by atoms with Gasteiger partial charge in [0.15, 0.2) is 0 Å². The number of pyridine rings is 1. The molecule has 4 rings (SSSR count). The van der Waals surface area contributed by atoms with Crippen LogP contribution in [0, 0.1) is 5.82 Å². The SMILES string of the molecule is NC(=O)c1cccc(-c2ccc(C3CN(C(=O)Cc4ccc(F)cc4)CCO3)nc2)c1. The Kier molecular flexibility index (Phi) is 6.04. The third-order valence-corrected chi connectivity index (χ3v) is 5.28. The normalized spacial score (nSPS) is 16.2. The lowest BCUT2D eigenvalue weighted by molar-refractivity contribution is -0.138. The van der Waals surface area contributed by atoms with Crippen LogP contribution in [0.4, 0.5) is 4.39 Å². The summed E-state index contributed by atoms with van der Waals surface area (Å²) in [7, 11) is 0. The predicted octanol–water partition coefficient (Wildman–Crippen LogP) is 3.13. The first-order valence-electron chi connectivity index (χ1n) is 9.99. The van der Waals surface area contributed by atoms with Gasteiger partial charge in [-0.1, -0.05) is 30.3 Å². The summed E-state index contributed by atoms with van der Waals surface area (Å²) in [6.45, 7) is 1.34. The van der Waals surface area contributed by atoms with Crippen LogP contribution in [0.15, 0.2) is 66.9 Å². The van der Waals surface area contributed by atoms with E-state index in [4.69, 9.17) is 10.5 Å². The standard InChI is InChI=1S/C24H22FN3O3/c25-20-7-4-16(5-8-20)12-23(29)28-10-11-31-22(15-28)21-9-6-19(14-27-21)17-2-1-3-18(13-17)24(26)30/h1-9,13-14,22H,10-12,15H2,(H2,26,30). The highest BCUT2D eigenvalue weighted by Crippen LogP contribution is 2.25. The van der Waals surface area contributed by atoms with Crippen molar-refractivity contribution in [1.82, 2.24) is 9.88 Å². The third kappa shape index (κ3) is 4.95. The summed E-state index contributed by atoms with van der Waals surface area (Å²) < 4.78 is 18.9. The van der Waals surface area contributed by atoms with Crippen LogP contribution in [0.1, 0.15) is 27.7 Å². The molecule has 0 bridgehead atoms. The Bertz CT molecular complexity index is 1080. The fourth-order valence-electron chi connectivity index (χ4n) is 3.56. The molecule has 158 valence electrons. The Balaban J connectivity index is 1.43. The number of carbonyl (C=O) groups excluding carboxylic acids is 2. The molecule has 1 aliphatic heterocycles. The maximum absolute atomic E-state index is 13.1. The summed E-state index contributed by atoms with van der Waals surface area (Å²) in [6.07, 6.45) is 1.62. The van der Waals surface area contributed by atoms with Crippen molar-refractivity contribution >= 4 is 11.8 Å². The van der Waals surface area contributed by atoms with Crippen LogP contribution in [0.2, 0.25) is 0 Å². The maximum Gasteiger partial charge on any atom is 0.248 e. The van der Waals surface area contributed by atoms with Crippen LogP contribution in [0.3, 0.4) is 0 Å². The zero-order chi connectivity index (χ0) is 21.8. The Hall–Kier alpha value is -3.58. The molecule has 2 N–H and O–H groups in total. The number of nitrogens with two attached hydrogens (primary N) is 1. The van der Waals surface area contributed by atoms with E-state index in [1.165, 1.54) is 12.1 Å². The van der Waals surface area contributed by atoms with E-state index in [0.29, 0.717) is 25.3 Å². The first-order chi connectivity index (χ1) is 15.0. The largest absolute Gasteiger partial charge is 0.368 e. The van der Waals surface area contributed by atoms with E-state index in [1.807, 2.05) is 18.2 Å². The van der Waals surface area contributed by atoms with E-state index in [0.717, 1.165) is 22.4 Å². The smallest absolute Gasteiger partial charge is 0.248 e. The molecule has 0 spiro atoms. The van der Waals surface area contributed by atoms with Crippen molar-refractivity contribution in [3.05, 3.63) is 89.5 Å². The van der Waals surface area contributed by atoms with Crippen molar-refractivity contribution < 1.29 is 18.7 Å². The van der Waals surface area contributed by atoms with Crippen molar-refractivity contribution in [2.45, 2.75) is 12.5 Å². The second-order valence-corrected chi connectivity index (χ2v) is 7.42. The molecule has 0 saturated carbocycles. The summed E-state index contributed by atoms with van der Waals surface area (Å²) in [5, 5.41) is 0. The zero-order valence-corrected chi connectivity index (χ0v) is 16.8. The molecule has 2 amide bonds. The predicted molar refractivity (Wildman–Crippen MR) is 114 cm³/mol. The quantitative estimate of drug-likeness (QED) is 0.689. The van der Waals surface area contributed by atoms with E-state index in [1.54, 1.807) is 41.4 Å². The number of hydrogen-bond donors (Lipinski definition) is 1. The molecule has 1 saturated heterocycles. The van der Waals surface area contributed by atoms with Gasteiger partial charge in [0.05, 0.1) is 25.3 Å². The Labute approximate surface area is 179 Å². The highest BCUT2D eigenvalue weighted by atomic mass is 19.1. The topological polar surface area (TPSA) is 85.5 Å². The van der Waals surface area contributed by atoms with Gasteiger partial charge in [0.2, 0.25) is 11.8 Å². The fraction of sp³-hybridized carbons (Fsp3) is 0.208. The zero-order valence-electron chi connectivity index (χ0n) is 16.8. The summed E-state index contributed by atoms with van der Waals surface area (Å²) in [5.74, 6) is -0.828. The van der Waals surface area contributed by atoms with Crippen LogP contribution < -0.4 is 5.73 Å². The minimum absolute atomic E-state index is 0.0280. The Morgan fingerprint density at radius 3 is 2.61 bits per heavy atom. The van der Waals surface area contributed by atoms with Crippen LogP contribution in [-0.4, -0.2) is 41.4 Å². The van der Waals surface area contributed by atoms with Gasteiger partial charge in [-0.05, 0) is 41.5 Å². The van der Waals surface area contributed by atoms with Gasteiger partial charge < -0.3 is 15.4 Å². The van der Waals surface area contributed by atoms with Gasteiger partial charge in [0.1, 0.15) is 11.9 Å². The average Bonchev–Trinajstić information content (AvgIpc) is 2.81. The first-order valence-corrected chi connectivity index (χ1v) is 9.99. The third-order valence-electron chi connectivity index (χ3n) is 5.28. The van der Waals surface area contributed by atoms with Gasteiger partial charge in [-0.2, -0.15) is 0 Å². The minimum Gasteiger partial charge on any atom is -0.368 e. The van der Waals surface area contributed by atoms with E-state index < -0.39 is 5.91 Å². The maximum atomic E-state index is 13.1. The van der Waals surface area contributed by atoms with Gasteiger partial charge in [-0.3, -0.25) is 14.6 Å². The molecule has 0 aliphatic carbocycles. The molecule has 1 fully saturated rings. The number of hydrogen-bond acceptors (Lipinski definition) is 4. The molecule has 1 unspecified atom stereocenters. The van der Waals surface area contributed by atoms with Gasteiger partial charge in [0.25, 0.3) is 0 Å². The van der Waals surface area contributed by atoms with Crippen molar-refractivity contribution in [3.63, 3.8) is 0 Å². The van der Waals surface area contributed by atoms with Crippen LogP contribution in [-0.2, 0) is 16.0 Å². The summed E-state index contributed by atoms with van der Waals surface area (Å²) in [4.78, 5) is 30.3. The molecule has 1 aliphatic rings. The summed E-state index contributed by atoms with van der Waals surface area (Å²) in [6, 6.07) is 16.8. The Morgan fingerprint density at radius 2 is 1.90 bits per heavy atom. The lowest BCUT2D eigenvalue weighted by Crippen LogP contribution is -2.43. The second kappa shape index (κ2) is 9.06.